The molecule has 3 nitrogen and oxygen atoms in total. The van der Waals surface area contributed by atoms with E-state index in [9.17, 15) is 4.79 Å². The van der Waals surface area contributed by atoms with Crippen molar-refractivity contribution in [3.05, 3.63) is 62.9 Å². The number of halogens is 3. The molecule has 0 bridgehead atoms. The molecule has 6 heteroatoms. The topological polar surface area (TPSA) is 33.2 Å². The lowest BCUT2D eigenvalue weighted by atomic mass is 10.2. The lowest BCUT2D eigenvalue weighted by Gasteiger charge is -2.21. The highest BCUT2D eigenvalue weighted by atomic mass is 35.5. The number of carbonyl (C=O) groups excluding carboxylic acids is 1. The maximum absolute atomic E-state index is 12.5. The molecule has 0 saturated carbocycles. The van der Waals surface area contributed by atoms with E-state index < -0.39 is 0 Å². The summed E-state index contributed by atoms with van der Waals surface area (Å²) in [6.07, 6.45) is 0. The van der Waals surface area contributed by atoms with Crippen molar-refractivity contribution in [1.29, 1.82) is 0 Å². The van der Waals surface area contributed by atoms with Gasteiger partial charge in [0.2, 0.25) is 0 Å². The van der Waals surface area contributed by atoms with Gasteiger partial charge in [0.05, 0.1) is 5.02 Å². The van der Waals surface area contributed by atoms with E-state index in [-0.39, 0.29) is 21.8 Å². The van der Waals surface area contributed by atoms with Crippen molar-refractivity contribution in [2.24, 2.45) is 0 Å². The molecule has 2 aromatic rings. The fraction of sp³-hybridized carbons (Fsp3) is 0.200. The SMILES string of the molecule is CCN(Cc1ccccc1Cl)C(=O)c1nc(Cl)ccc1Cl. The quantitative estimate of drug-likeness (QED) is 0.754. The fourth-order valence-corrected chi connectivity index (χ4v) is 2.41. The molecule has 1 amide bonds. The minimum atomic E-state index is -0.273. The molecule has 0 aliphatic carbocycles. The number of benzene rings is 1. The standard InChI is InChI=1S/C15H13Cl3N2O/c1-2-20(9-10-5-3-4-6-11(10)16)15(21)14-12(17)7-8-13(18)19-14/h3-8H,2,9H2,1H3. The second-order valence-corrected chi connectivity index (χ2v) is 5.58. The first-order valence-corrected chi connectivity index (χ1v) is 7.51. The molecule has 2 rings (SSSR count). The van der Waals surface area contributed by atoms with Gasteiger partial charge in [-0.3, -0.25) is 4.79 Å². The normalized spacial score (nSPS) is 10.5. The van der Waals surface area contributed by atoms with E-state index in [1.54, 1.807) is 23.1 Å². The minimum Gasteiger partial charge on any atom is -0.333 e. The van der Waals surface area contributed by atoms with Crippen molar-refractivity contribution >= 4 is 40.7 Å². The summed E-state index contributed by atoms with van der Waals surface area (Å²) in [6.45, 7) is 2.78. The molecule has 0 fully saturated rings. The van der Waals surface area contributed by atoms with Crippen LogP contribution in [-0.2, 0) is 6.54 Å². The first-order chi connectivity index (χ1) is 10.0. The third kappa shape index (κ3) is 3.88. The van der Waals surface area contributed by atoms with Crippen LogP contribution in [0.3, 0.4) is 0 Å². The van der Waals surface area contributed by atoms with E-state index in [0.717, 1.165) is 5.56 Å². The predicted octanol–water partition coefficient (Wildman–Crippen LogP) is 4.70. The lowest BCUT2D eigenvalue weighted by molar-refractivity contribution is 0.0747. The van der Waals surface area contributed by atoms with Gasteiger partial charge in [-0.2, -0.15) is 0 Å². The number of hydrogen-bond acceptors (Lipinski definition) is 2. The second-order valence-electron chi connectivity index (χ2n) is 4.38. The molecular weight excluding hydrogens is 331 g/mol. The lowest BCUT2D eigenvalue weighted by Crippen LogP contribution is -2.31. The molecular formula is C15H13Cl3N2O. The Kier molecular flexibility index (Phi) is 5.45. The van der Waals surface area contributed by atoms with E-state index in [4.69, 9.17) is 34.8 Å². The van der Waals surface area contributed by atoms with Gasteiger partial charge in [-0.05, 0) is 30.7 Å². The van der Waals surface area contributed by atoms with Crippen LogP contribution in [0.1, 0.15) is 23.0 Å². The molecule has 0 unspecified atom stereocenters. The molecule has 0 spiro atoms. The fourth-order valence-electron chi connectivity index (χ4n) is 1.88. The number of carbonyl (C=O) groups is 1. The number of aromatic nitrogens is 1. The van der Waals surface area contributed by atoms with Crippen molar-refractivity contribution in [2.75, 3.05) is 6.54 Å². The number of nitrogens with zero attached hydrogens (tertiary/aromatic N) is 2. The van der Waals surface area contributed by atoms with Crippen LogP contribution in [0.5, 0.6) is 0 Å². The van der Waals surface area contributed by atoms with Gasteiger partial charge in [0.15, 0.2) is 0 Å². The first kappa shape index (κ1) is 16.1. The summed E-state index contributed by atoms with van der Waals surface area (Å²) in [5, 5.41) is 1.13. The maximum Gasteiger partial charge on any atom is 0.274 e. The summed E-state index contributed by atoms with van der Waals surface area (Å²) >= 11 is 18.0. The van der Waals surface area contributed by atoms with Gasteiger partial charge in [-0.25, -0.2) is 4.98 Å². The third-order valence-corrected chi connectivity index (χ3v) is 3.89. The van der Waals surface area contributed by atoms with Gasteiger partial charge in [0, 0.05) is 18.1 Å². The van der Waals surface area contributed by atoms with Gasteiger partial charge in [0.25, 0.3) is 5.91 Å². The van der Waals surface area contributed by atoms with E-state index in [1.165, 1.54) is 0 Å². The van der Waals surface area contributed by atoms with Crippen LogP contribution in [0.2, 0.25) is 15.2 Å². The number of pyridine rings is 1. The molecule has 0 aliphatic rings. The summed E-state index contributed by atoms with van der Waals surface area (Å²) < 4.78 is 0. The molecule has 0 N–H and O–H groups in total. The van der Waals surface area contributed by atoms with Gasteiger partial charge in [0.1, 0.15) is 10.8 Å². The largest absolute Gasteiger partial charge is 0.333 e. The van der Waals surface area contributed by atoms with Crippen molar-refractivity contribution in [1.82, 2.24) is 9.88 Å². The Morgan fingerprint density at radius 2 is 1.81 bits per heavy atom. The zero-order valence-corrected chi connectivity index (χ0v) is 13.6. The highest BCUT2D eigenvalue weighted by Gasteiger charge is 2.20. The molecule has 21 heavy (non-hydrogen) atoms. The number of amides is 1. The zero-order valence-electron chi connectivity index (χ0n) is 11.3. The van der Waals surface area contributed by atoms with Crippen molar-refractivity contribution in [3.63, 3.8) is 0 Å². The average molecular weight is 344 g/mol. The molecule has 0 saturated heterocycles. The molecule has 0 radical (unpaired) electrons. The Labute approximate surface area is 138 Å². The Hall–Kier alpha value is -1.29. The number of hydrogen-bond donors (Lipinski definition) is 0. The van der Waals surface area contributed by atoms with Gasteiger partial charge < -0.3 is 4.90 Å². The Morgan fingerprint density at radius 1 is 1.10 bits per heavy atom. The Balaban J connectivity index is 2.27. The molecule has 0 aliphatic heterocycles. The van der Waals surface area contributed by atoms with E-state index in [0.29, 0.717) is 18.1 Å². The first-order valence-electron chi connectivity index (χ1n) is 6.37. The monoisotopic (exact) mass is 342 g/mol. The molecule has 1 aromatic heterocycles. The minimum absolute atomic E-state index is 0.151. The van der Waals surface area contributed by atoms with Gasteiger partial charge >= 0.3 is 0 Å². The predicted molar refractivity (Wildman–Crippen MR) is 86.1 cm³/mol. The van der Waals surface area contributed by atoms with E-state index in [1.807, 2.05) is 25.1 Å². The van der Waals surface area contributed by atoms with Crippen molar-refractivity contribution in [2.45, 2.75) is 13.5 Å². The zero-order chi connectivity index (χ0) is 15.4. The van der Waals surface area contributed by atoms with Crippen molar-refractivity contribution in [3.8, 4) is 0 Å². The van der Waals surface area contributed by atoms with Gasteiger partial charge in [-0.1, -0.05) is 53.0 Å². The third-order valence-electron chi connectivity index (χ3n) is 3.00. The molecule has 1 aromatic carbocycles. The second kappa shape index (κ2) is 7.12. The average Bonchev–Trinajstić information content (AvgIpc) is 2.48. The highest BCUT2D eigenvalue weighted by Crippen LogP contribution is 2.21. The molecule has 110 valence electrons. The van der Waals surface area contributed by atoms with Crippen LogP contribution in [0.25, 0.3) is 0 Å². The smallest absolute Gasteiger partial charge is 0.274 e. The number of rotatable bonds is 4. The summed E-state index contributed by atoms with van der Waals surface area (Å²) in [5.74, 6) is -0.273. The Morgan fingerprint density at radius 3 is 2.48 bits per heavy atom. The van der Waals surface area contributed by atoms with Crippen LogP contribution in [-0.4, -0.2) is 22.3 Å². The van der Waals surface area contributed by atoms with Crippen LogP contribution >= 0.6 is 34.8 Å². The van der Waals surface area contributed by atoms with Crippen LogP contribution in [0.15, 0.2) is 36.4 Å². The van der Waals surface area contributed by atoms with E-state index in [2.05, 4.69) is 4.98 Å². The van der Waals surface area contributed by atoms with Crippen LogP contribution < -0.4 is 0 Å². The molecule has 1 heterocycles. The summed E-state index contributed by atoms with van der Waals surface area (Å²) in [5.41, 5.74) is 1.02. The summed E-state index contributed by atoms with van der Waals surface area (Å²) in [7, 11) is 0. The highest BCUT2D eigenvalue weighted by molar-refractivity contribution is 6.34. The Bertz CT molecular complexity index is 661. The summed E-state index contributed by atoms with van der Waals surface area (Å²) in [4.78, 5) is 18.2. The van der Waals surface area contributed by atoms with Crippen molar-refractivity contribution < 1.29 is 4.79 Å². The summed E-state index contributed by atoms with van der Waals surface area (Å²) in [6, 6.07) is 10.5. The van der Waals surface area contributed by atoms with Gasteiger partial charge in [-0.15, -0.1) is 0 Å². The van der Waals surface area contributed by atoms with Crippen LogP contribution in [0, 0.1) is 0 Å². The maximum atomic E-state index is 12.5. The van der Waals surface area contributed by atoms with E-state index >= 15 is 0 Å². The molecule has 0 atom stereocenters. The van der Waals surface area contributed by atoms with Crippen LogP contribution in [0.4, 0.5) is 0 Å².